The minimum atomic E-state index is -3.62. The highest BCUT2D eigenvalue weighted by Gasteiger charge is 2.20. The van der Waals surface area contributed by atoms with Crippen LogP contribution in [-0.2, 0) is 16.6 Å². The van der Waals surface area contributed by atoms with E-state index in [-0.39, 0.29) is 0 Å². The molecule has 0 saturated heterocycles. The van der Waals surface area contributed by atoms with E-state index in [0.717, 1.165) is 22.3 Å². The van der Waals surface area contributed by atoms with Crippen LogP contribution < -0.4 is 4.72 Å². The zero-order valence-corrected chi connectivity index (χ0v) is 15.3. The van der Waals surface area contributed by atoms with Crippen molar-refractivity contribution in [2.45, 2.75) is 32.2 Å². The van der Waals surface area contributed by atoms with Crippen LogP contribution in [0.3, 0.4) is 0 Å². The van der Waals surface area contributed by atoms with E-state index in [9.17, 15) is 8.42 Å². The zero-order chi connectivity index (χ0) is 18.0. The van der Waals surface area contributed by atoms with Crippen molar-refractivity contribution in [3.05, 3.63) is 77.1 Å². The number of anilines is 1. The second-order valence-electron chi connectivity index (χ2n) is 6.23. The summed E-state index contributed by atoms with van der Waals surface area (Å²) >= 11 is 0. The molecule has 3 aromatic rings. The molecule has 0 aliphatic rings. The standard InChI is InChI=1S/C19H21N3O2S/c1-14-11-15(2)19(16(3)12-14)25(23,24)21-18-7-5-17(6-8-18)13-22-10-4-9-20-22/h4-12,21H,13H2,1-3H3. The van der Waals surface area contributed by atoms with E-state index in [0.29, 0.717) is 17.1 Å². The van der Waals surface area contributed by atoms with Crippen molar-refractivity contribution in [2.24, 2.45) is 0 Å². The summed E-state index contributed by atoms with van der Waals surface area (Å²) in [5.74, 6) is 0. The van der Waals surface area contributed by atoms with Crippen molar-refractivity contribution < 1.29 is 8.42 Å². The molecule has 0 aliphatic heterocycles. The summed E-state index contributed by atoms with van der Waals surface area (Å²) in [6, 6.07) is 13.0. The molecule has 0 spiro atoms. The van der Waals surface area contributed by atoms with Gasteiger partial charge in [-0.1, -0.05) is 29.8 Å². The first kappa shape index (κ1) is 17.2. The van der Waals surface area contributed by atoms with Crippen molar-refractivity contribution in [3.8, 4) is 0 Å². The Morgan fingerprint density at radius 3 is 2.24 bits per heavy atom. The lowest BCUT2D eigenvalue weighted by molar-refractivity contribution is 0.600. The number of hydrogen-bond donors (Lipinski definition) is 1. The Bertz CT molecular complexity index is 953. The van der Waals surface area contributed by atoms with Crippen LogP contribution in [0.4, 0.5) is 5.69 Å². The topological polar surface area (TPSA) is 64.0 Å². The van der Waals surface area contributed by atoms with Crippen LogP contribution in [0.25, 0.3) is 0 Å². The van der Waals surface area contributed by atoms with Gasteiger partial charge < -0.3 is 0 Å². The molecule has 0 amide bonds. The molecule has 0 radical (unpaired) electrons. The van der Waals surface area contributed by atoms with Crippen LogP contribution in [0.1, 0.15) is 22.3 Å². The normalized spacial score (nSPS) is 11.5. The third-order valence-electron chi connectivity index (χ3n) is 3.98. The fourth-order valence-corrected chi connectivity index (χ4v) is 4.57. The highest BCUT2D eigenvalue weighted by Crippen LogP contribution is 2.24. The van der Waals surface area contributed by atoms with Crippen LogP contribution in [-0.4, -0.2) is 18.2 Å². The Hall–Kier alpha value is -2.60. The van der Waals surface area contributed by atoms with Crippen LogP contribution in [0, 0.1) is 20.8 Å². The van der Waals surface area contributed by atoms with Gasteiger partial charge in [0, 0.05) is 18.1 Å². The third-order valence-corrected chi connectivity index (χ3v) is 5.67. The average molecular weight is 355 g/mol. The summed E-state index contributed by atoms with van der Waals surface area (Å²) in [5, 5.41) is 4.16. The Morgan fingerprint density at radius 2 is 1.68 bits per heavy atom. The molecule has 5 nitrogen and oxygen atoms in total. The van der Waals surface area contributed by atoms with Crippen LogP contribution in [0.5, 0.6) is 0 Å². The first-order chi connectivity index (χ1) is 11.8. The number of rotatable bonds is 5. The maximum atomic E-state index is 12.8. The van der Waals surface area contributed by atoms with Gasteiger partial charge in [-0.15, -0.1) is 0 Å². The van der Waals surface area contributed by atoms with E-state index in [1.165, 1.54) is 0 Å². The molecular formula is C19H21N3O2S. The van der Waals surface area contributed by atoms with Gasteiger partial charge in [0.25, 0.3) is 10.0 Å². The highest BCUT2D eigenvalue weighted by atomic mass is 32.2. The number of nitrogens with one attached hydrogen (secondary N) is 1. The van der Waals surface area contributed by atoms with Gasteiger partial charge in [0.1, 0.15) is 0 Å². The average Bonchev–Trinajstić information content (AvgIpc) is 3.00. The van der Waals surface area contributed by atoms with E-state index in [2.05, 4.69) is 9.82 Å². The second-order valence-corrected chi connectivity index (χ2v) is 7.85. The number of sulfonamides is 1. The number of nitrogens with zero attached hydrogens (tertiary/aromatic N) is 2. The molecule has 2 aromatic carbocycles. The molecule has 130 valence electrons. The Balaban J connectivity index is 1.82. The van der Waals surface area contributed by atoms with Gasteiger partial charge in [-0.05, 0) is 55.7 Å². The highest BCUT2D eigenvalue weighted by molar-refractivity contribution is 7.92. The molecule has 1 N–H and O–H groups in total. The van der Waals surface area contributed by atoms with E-state index in [1.54, 1.807) is 18.3 Å². The number of benzene rings is 2. The summed E-state index contributed by atoms with van der Waals surface area (Å²) in [6.07, 6.45) is 3.62. The fraction of sp³-hybridized carbons (Fsp3) is 0.211. The van der Waals surface area contributed by atoms with Gasteiger partial charge in [0.2, 0.25) is 0 Å². The molecule has 0 atom stereocenters. The predicted molar refractivity (Wildman–Crippen MR) is 99.2 cm³/mol. The van der Waals surface area contributed by atoms with Crippen molar-refractivity contribution >= 4 is 15.7 Å². The minimum absolute atomic E-state index is 0.346. The largest absolute Gasteiger partial charge is 0.280 e. The lowest BCUT2D eigenvalue weighted by Crippen LogP contribution is -2.16. The number of aryl methyl sites for hydroxylation is 3. The van der Waals surface area contributed by atoms with Crippen LogP contribution in [0.15, 0.2) is 59.8 Å². The maximum absolute atomic E-state index is 12.8. The number of aromatic nitrogens is 2. The van der Waals surface area contributed by atoms with Crippen LogP contribution in [0.2, 0.25) is 0 Å². The SMILES string of the molecule is Cc1cc(C)c(S(=O)(=O)Nc2ccc(Cn3cccn3)cc2)c(C)c1. The van der Waals surface area contributed by atoms with E-state index < -0.39 is 10.0 Å². The molecule has 0 unspecified atom stereocenters. The summed E-state index contributed by atoms with van der Waals surface area (Å²) in [5.41, 5.74) is 4.15. The third kappa shape index (κ3) is 3.91. The van der Waals surface area contributed by atoms with Gasteiger partial charge in [0.05, 0.1) is 11.4 Å². The fourth-order valence-electron chi connectivity index (χ4n) is 3.06. The van der Waals surface area contributed by atoms with E-state index in [4.69, 9.17) is 0 Å². The summed E-state index contributed by atoms with van der Waals surface area (Å²) < 4.78 is 30.0. The predicted octanol–water partition coefficient (Wildman–Crippen LogP) is 3.66. The van der Waals surface area contributed by atoms with E-state index in [1.807, 2.05) is 62.0 Å². The monoisotopic (exact) mass is 355 g/mol. The van der Waals surface area contributed by atoms with Gasteiger partial charge in [-0.3, -0.25) is 9.40 Å². The maximum Gasteiger partial charge on any atom is 0.262 e. The van der Waals surface area contributed by atoms with Crippen molar-refractivity contribution in [1.82, 2.24) is 9.78 Å². The first-order valence-electron chi connectivity index (χ1n) is 8.02. The molecule has 1 aromatic heterocycles. The Kier molecular flexibility index (Phi) is 4.63. The van der Waals surface area contributed by atoms with Gasteiger partial charge in [-0.2, -0.15) is 5.10 Å². The van der Waals surface area contributed by atoms with E-state index >= 15 is 0 Å². The lowest BCUT2D eigenvalue weighted by atomic mass is 10.1. The molecule has 1 heterocycles. The van der Waals surface area contributed by atoms with Gasteiger partial charge in [-0.25, -0.2) is 8.42 Å². The number of hydrogen-bond acceptors (Lipinski definition) is 3. The van der Waals surface area contributed by atoms with Gasteiger partial charge >= 0.3 is 0 Å². The van der Waals surface area contributed by atoms with Crippen molar-refractivity contribution in [2.75, 3.05) is 4.72 Å². The van der Waals surface area contributed by atoms with Gasteiger partial charge in [0.15, 0.2) is 0 Å². The minimum Gasteiger partial charge on any atom is -0.280 e. The van der Waals surface area contributed by atoms with Crippen LogP contribution >= 0.6 is 0 Å². The lowest BCUT2D eigenvalue weighted by Gasteiger charge is -2.14. The molecule has 6 heteroatoms. The summed E-state index contributed by atoms with van der Waals surface area (Å²) in [6.45, 7) is 6.25. The second kappa shape index (κ2) is 6.72. The zero-order valence-electron chi connectivity index (χ0n) is 14.5. The first-order valence-corrected chi connectivity index (χ1v) is 9.50. The molecular weight excluding hydrogens is 334 g/mol. The molecule has 25 heavy (non-hydrogen) atoms. The van der Waals surface area contributed by atoms with Crippen molar-refractivity contribution in [3.63, 3.8) is 0 Å². The molecule has 0 saturated carbocycles. The quantitative estimate of drug-likeness (QED) is 0.760. The molecule has 3 rings (SSSR count). The molecule has 0 aliphatic carbocycles. The van der Waals surface area contributed by atoms with Crippen molar-refractivity contribution in [1.29, 1.82) is 0 Å². The Labute approximate surface area is 148 Å². The molecule has 0 bridgehead atoms. The molecule has 0 fully saturated rings. The summed E-state index contributed by atoms with van der Waals surface area (Å²) in [7, 11) is -3.62. The smallest absolute Gasteiger partial charge is 0.262 e. The Morgan fingerprint density at radius 1 is 1.04 bits per heavy atom. The summed E-state index contributed by atoms with van der Waals surface area (Å²) in [4.78, 5) is 0.346.